The standard InChI is InChI=1S/19C2H4O2.C2H5/c19*1-2(3)4;1-2/h19*1H3,(H,3,4);1H2,2H3. The van der Waals surface area contributed by atoms with Crippen molar-refractivity contribution in [1.82, 2.24) is 0 Å². The smallest absolute Gasteiger partial charge is 0.300 e. The molecule has 0 saturated heterocycles. The topological polar surface area (TPSA) is 709 Å². The molecule has 0 unspecified atom stereocenters. The summed E-state index contributed by atoms with van der Waals surface area (Å²) in [5, 5.41) is 141. The zero-order chi connectivity index (χ0) is 70.0. The number of hydrogen-bond donors (Lipinski definition) is 19. The van der Waals surface area contributed by atoms with Crippen LogP contribution in [0.25, 0.3) is 0 Å². The van der Waals surface area contributed by atoms with Crippen LogP contribution in [-0.2, 0) is 91.1 Å². The maximum absolute atomic E-state index is 9.00. The van der Waals surface area contributed by atoms with Crippen LogP contribution in [0.5, 0.6) is 0 Å². The minimum Gasteiger partial charge on any atom is -0.481 e. The van der Waals surface area contributed by atoms with E-state index in [9.17, 15) is 0 Å². The summed E-state index contributed by atoms with van der Waals surface area (Å²) in [6.07, 6.45) is 0. The van der Waals surface area contributed by atoms with Crippen molar-refractivity contribution in [2.75, 3.05) is 0 Å². The van der Waals surface area contributed by atoms with Crippen LogP contribution in [0.1, 0.15) is 138 Å². The SMILES string of the molecule is CC(=O)O.CC(=O)O.CC(=O)O.CC(=O)O.CC(=O)O.CC(=O)O.CC(=O)O.CC(=O)O.CC(=O)O.CC(=O)O.CC(=O)O.CC(=O)O.CC(=O)O.CC(=O)O.CC(=O)O.CC(=O)O.CC(=O)O.CC(=O)O.CC(=O)O.[CH2]C. The van der Waals surface area contributed by atoms with Gasteiger partial charge in [0, 0.05) is 132 Å². The second kappa shape index (κ2) is 132. The molecule has 0 aliphatic rings. The third kappa shape index (κ3) is 2740. The quantitative estimate of drug-likeness (QED) is 0.166. The Hall–Kier alpha value is -10.1. The lowest BCUT2D eigenvalue weighted by molar-refractivity contribution is -0.135. The molecule has 19 N–H and O–H groups in total. The fourth-order valence-corrected chi connectivity index (χ4v) is 0. The molecule has 38 nitrogen and oxygen atoms in total. The maximum Gasteiger partial charge on any atom is 0.300 e. The van der Waals surface area contributed by atoms with Crippen molar-refractivity contribution in [3.8, 4) is 0 Å². The summed E-state index contributed by atoms with van der Waals surface area (Å²) in [6, 6.07) is 0. The lowest BCUT2D eigenvalue weighted by Gasteiger charge is -1.59. The third-order valence-electron chi connectivity index (χ3n) is 0. The first-order valence-corrected chi connectivity index (χ1v) is 18.3. The Balaban J connectivity index is -0.0000000252. The molecule has 0 saturated carbocycles. The number of rotatable bonds is 0. The van der Waals surface area contributed by atoms with Crippen LogP contribution >= 0.6 is 0 Å². The predicted molar refractivity (Wildman–Crippen MR) is 264 cm³/mol. The summed E-state index contributed by atoms with van der Waals surface area (Å²) in [4.78, 5) is 171. The molecule has 0 aromatic heterocycles. The van der Waals surface area contributed by atoms with Gasteiger partial charge in [0.1, 0.15) is 0 Å². The van der Waals surface area contributed by atoms with Gasteiger partial charge in [-0.05, 0) is 0 Å². The van der Waals surface area contributed by atoms with Crippen molar-refractivity contribution < 1.29 is 188 Å². The number of hydrogen-bond acceptors (Lipinski definition) is 19. The van der Waals surface area contributed by atoms with E-state index in [1.807, 2.05) is 0 Å². The zero-order valence-corrected chi connectivity index (χ0v) is 46.5. The Morgan fingerprint density at radius 1 is 0.128 bits per heavy atom. The molecule has 78 heavy (non-hydrogen) atoms. The summed E-state index contributed by atoms with van der Waals surface area (Å²) in [7, 11) is 0. The first kappa shape index (κ1) is 132. The fourth-order valence-electron chi connectivity index (χ4n) is 0. The highest BCUT2D eigenvalue weighted by molar-refractivity contribution is 5.67. The van der Waals surface area contributed by atoms with Gasteiger partial charge in [-0.2, -0.15) is 0 Å². The Kier molecular flexibility index (Phi) is 224. The summed E-state index contributed by atoms with van der Waals surface area (Å²) < 4.78 is 0. The van der Waals surface area contributed by atoms with Gasteiger partial charge in [0.25, 0.3) is 113 Å². The van der Waals surface area contributed by atoms with Gasteiger partial charge in [-0.3, -0.25) is 91.1 Å². The van der Waals surface area contributed by atoms with Gasteiger partial charge in [-0.1, -0.05) is 13.8 Å². The summed E-state index contributed by atoms with van der Waals surface area (Å²) in [5.74, 6) is -15.8. The van der Waals surface area contributed by atoms with E-state index in [0.717, 1.165) is 132 Å². The summed E-state index contributed by atoms with van der Waals surface area (Å²) in [6.45, 7) is 25.6. The van der Waals surface area contributed by atoms with Gasteiger partial charge in [0.2, 0.25) is 0 Å². The van der Waals surface area contributed by atoms with Gasteiger partial charge in [-0.15, -0.1) is 0 Å². The molecule has 0 atom stereocenters. The van der Waals surface area contributed by atoms with Crippen LogP contribution in [0.2, 0.25) is 0 Å². The van der Waals surface area contributed by atoms with Crippen molar-refractivity contribution in [2.24, 2.45) is 0 Å². The van der Waals surface area contributed by atoms with Gasteiger partial charge in [0.05, 0.1) is 0 Å². The van der Waals surface area contributed by atoms with Crippen LogP contribution in [0.3, 0.4) is 0 Å². The second-order valence-corrected chi connectivity index (χ2v) is 9.86. The molecule has 0 aliphatic carbocycles. The van der Waals surface area contributed by atoms with Crippen molar-refractivity contribution in [2.45, 2.75) is 138 Å². The molecule has 0 rings (SSSR count). The van der Waals surface area contributed by atoms with Crippen LogP contribution in [0.15, 0.2) is 0 Å². The first-order chi connectivity index (χ1) is 33.9. The molecule has 1 radical (unpaired) electrons. The highest BCUT2D eigenvalue weighted by atomic mass is 16.4. The van der Waals surface area contributed by atoms with Gasteiger partial charge >= 0.3 is 0 Å². The van der Waals surface area contributed by atoms with E-state index in [4.69, 9.17) is 188 Å². The van der Waals surface area contributed by atoms with E-state index in [1.54, 1.807) is 6.92 Å². The van der Waals surface area contributed by atoms with E-state index >= 15 is 0 Å². The molecule has 0 aromatic rings. The van der Waals surface area contributed by atoms with E-state index in [0.29, 0.717) is 0 Å². The van der Waals surface area contributed by atoms with Gasteiger partial charge < -0.3 is 97.0 Å². The van der Waals surface area contributed by atoms with Crippen molar-refractivity contribution in [3.05, 3.63) is 6.92 Å². The molecule has 0 amide bonds. The molecule has 0 heterocycles. The Bertz CT molecular complexity index is 1000. The maximum atomic E-state index is 9.00. The van der Waals surface area contributed by atoms with Gasteiger partial charge in [0.15, 0.2) is 0 Å². The Labute approximate surface area is 446 Å². The van der Waals surface area contributed by atoms with E-state index < -0.39 is 113 Å². The third-order valence-corrected chi connectivity index (χ3v) is 0. The van der Waals surface area contributed by atoms with Crippen molar-refractivity contribution in [3.63, 3.8) is 0 Å². The monoisotopic (exact) mass is 1170 g/mol. The zero-order valence-electron chi connectivity index (χ0n) is 46.5. The summed E-state index contributed by atoms with van der Waals surface area (Å²) >= 11 is 0. The average Bonchev–Trinajstić information content (AvgIpc) is 3.00. The minimum absolute atomic E-state index is 0.833. The molecule has 0 aliphatic heterocycles. The molecule has 0 aromatic carbocycles. The number of carbonyl (C=O) groups is 19. The van der Waals surface area contributed by atoms with Crippen molar-refractivity contribution in [1.29, 1.82) is 0 Å². The molecule has 0 bridgehead atoms. The lowest BCUT2D eigenvalue weighted by Crippen LogP contribution is -1.78. The lowest BCUT2D eigenvalue weighted by atomic mass is 10.9. The van der Waals surface area contributed by atoms with Crippen LogP contribution in [0.4, 0.5) is 0 Å². The predicted octanol–water partition coefficient (Wildman–Crippen LogP) is 2.57. The Morgan fingerprint density at radius 3 is 0.128 bits per heavy atom. The van der Waals surface area contributed by atoms with E-state index in [-0.39, 0.29) is 0 Å². The molecule has 0 spiro atoms. The van der Waals surface area contributed by atoms with Gasteiger partial charge in [-0.25, -0.2) is 0 Å². The first-order valence-electron chi connectivity index (χ1n) is 18.3. The molecule has 469 valence electrons. The Morgan fingerprint density at radius 2 is 0.128 bits per heavy atom. The van der Waals surface area contributed by atoms with Crippen LogP contribution in [-0.4, -0.2) is 210 Å². The average molecular weight is 1170 g/mol. The van der Waals surface area contributed by atoms with E-state index in [1.165, 1.54) is 0 Å². The van der Waals surface area contributed by atoms with Crippen molar-refractivity contribution >= 4 is 113 Å². The van der Waals surface area contributed by atoms with Crippen LogP contribution in [0, 0.1) is 6.92 Å². The number of carboxylic acids is 19. The number of aliphatic carboxylic acids is 19. The minimum atomic E-state index is -0.833. The molecule has 38 heteroatoms. The van der Waals surface area contributed by atoms with E-state index in [2.05, 4.69) is 6.92 Å². The number of carboxylic acid groups (broad SMARTS) is 19. The largest absolute Gasteiger partial charge is 0.481 e. The fraction of sp³-hybridized carbons (Fsp3) is 0.500. The molecular formula is C40H81O38. The highest BCUT2D eigenvalue weighted by Crippen LogP contribution is 1.48. The molecule has 0 fully saturated rings. The normalized spacial score (nSPS) is 6.17. The highest BCUT2D eigenvalue weighted by Gasteiger charge is 1.71. The van der Waals surface area contributed by atoms with Crippen LogP contribution < -0.4 is 0 Å². The summed E-state index contributed by atoms with van der Waals surface area (Å²) in [5.41, 5.74) is 0. The second-order valence-electron chi connectivity index (χ2n) is 9.86. The molecular weight excluding hydrogens is 1090 g/mol.